The van der Waals surface area contributed by atoms with E-state index < -0.39 is 42.1 Å². The van der Waals surface area contributed by atoms with E-state index in [1.807, 2.05) is 105 Å². The number of aromatic nitrogens is 2. The second-order valence-corrected chi connectivity index (χ2v) is 14.7. The number of alkyl carbamates (subject to hydrolysis) is 1. The Morgan fingerprint density at radius 2 is 1.51 bits per heavy atom. The van der Waals surface area contributed by atoms with E-state index in [9.17, 15) is 24.3 Å². The van der Waals surface area contributed by atoms with Crippen molar-refractivity contribution in [3.8, 4) is 0 Å². The number of rotatable bonds is 19. The molecule has 5 N–H and O–H groups in total. The lowest BCUT2D eigenvalue weighted by atomic mass is 9.96. The number of thiazole rings is 1. The van der Waals surface area contributed by atoms with Crippen LogP contribution in [-0.4, -0.2) is 69.7 Å². The second kappa shape index (κ2) is 20.7. The first-order chi connectivity index (χ1) is 26.6. The van der Waals surface area contributed by atoms with Gasteiger partial charge in [-0.25, -0.2) is 9.78 Å². The lowest BCUT2D eigenvalue weighted by molar-refractivity contribution is -0.131. The highest BCUT2D eigenvalue weighted by Gasteiger charge is 2.32. The Hall–Kier alpha value is -5.66. The molecule has 0 saturated carbocycles. The largest absolute Gasteiger partial charge is 0.445 e. The van der Waals surface area contributed by atoms with Crippen LogP contribution in [-0.2, 0) is 45.0 Å². The van der Waals surface area contributed by atoms with Gasteiger partial charge in [0.25, 0.3) is 0 Å². The molecule has 2 aromatic heterocycles. The van der Waals surface area contributed by atoms with Gasteiger partial charge in [-0.2, -0.15) is 0 Å². The van der Waals surface area contributed by atoms with Gasteiger partial charge in [-0.05, 0) is 46.4 Å². The zero-order valence-electron chi connectivity index (χ0n) is 31.0. The molecule has 3 aromatic carbocycles. The molecule has 0 fully saturated rings. The highest BCUT2D eigenvalue weighted by atomic mass is 32.1. The van der Waals surface area contributed by atoms with Gasteiger partial charge < -0.3 is 31.1 Å². The van der Waals surface area contributed by atoms with Crippen LogP contribution in [0, 0.1) is 5.92 Å². The maximum absolute atomic E-state index is 14.2. The van der Waals surface area contributed by atoms with Crippen LogP contribution in [0.1, 0.15) is 48.5 Å². The summed E-state index contributed by atoms with van der Waals surface area (Å²) in [6, 6.07) is 25.2. The van der Waals surface area contributed by atoms with Crippen molar-refractivity contribution >= 4 is 45.9 Å². The smallest absolute Gasteiger partial charge is 0.408 e. The van der Waals surface area contributed by atoms with E-state index in [4.69, 9.17) is 4.74 Å². The Morgan fingerprint density at radius 3 is 2.25 bits per heavy atom. The van der Waals surface area contributed by atoms with Crippen LogP contribution in [0.5, 0.6) is 0 Å². The number of nitrogens with zero attached hydrogens (tertiary/aromatic N) is 2. The summed E-state index contributed by atoms with van der Waals surface area (Å²) in [7, 11) is 0. The summed E-state index contributed by atoms with van der Waals surface area (Å²) in [6.45, 7) is 4.26. The number of hydrogen-bond donors (Lipinski definition) is 5. The number of benzene rings is 3. The fourth-order valence-corrected chi connectivity index (χ4v) is 6.86. The van der Waals surface area contributed by atoms with Gasteiger partial charge in [0.1, 0.15) is 18.7 Å². The highest BCUT2D eigenvalue weighted by Crippen LogP contribution is 2.21. The summed E-state index contributed by atoms with van der Waals surface area (Å²) >= 11 is 1.33. The van der Waals surface area contributed by atoms with Crippen molar-refractivity contribution in [2.24, 2.45) is 5.92 Å². The first-order valence-corrected chi connectivity index (χ1v) is 19.3. The Balaban J connectivity index is 1.30. The average Bonchev–Trinajstić information content (AvgIpc) is 3.70. The highest BCUT2D eigenvalue weighted by molar-refractivity contribution is 7.09. The molecule has 0 bridgehead atoms. The summed E-state index contributed by atoms with van der Waals surface area (Å²) in [4.78, 5) is 62.8. The quantitative estimate of drug-likeness (QED) is 0.0791. The fraction of sp³-hybridized carbons (Fsp3) is 0.333. The van der Waals surface area contributed by atoms with Crippen molar-refractivity contribution < 1.29 is 29.0 Å². The second-order valence-electron chi connectivity index (χ2n) is 13.7. The minimum Gasteiger partial charge on any atom is -0.445 e. The number of aliphatic hydroxyl groups excluding tert-OH is 1. The molecule has 0 aliphatic heterocycles. The zero-order valence-corrected chi connectivity index (χ0v) is 31.8. The average molecular weight is 765 g/mol. The van der Waals surface area contributed by atoms with Gasteiger partial charge in [-0.1, -0.05) is 92.7 Å². The van der Waals surface area contributed by atoms with E-state index in [1.165, 1.54) is 11.3 Å². The first kappa shape index (κ1) is 40.5. The molecule has 0 aliphatic carbocycles. The minimum atomic E-state index is -1.20. The van der Waals surface area contributed by atoms with E-state index in [-0.39, 0.29) is 37.7 Å². The molecular formula is C42H48N6O6S. The fourth-order valence-electron chi connectivity index (χ4n) is 6.20. The predicted molar refractivity (Wildman–Crippen MR) is 212 cm³/mol. The molecule has 2 unspecified atom stereocenters. The van der Waals surface area contributed by atoms with Gasteiger partial charge in [0.15, 0.2) is 0 Å². The van der Waals surface area contributed by atoms with Crippen molar-refractivity contribution in [2.45, 2.75) is 76.8 Å². The van der Waals surface area contributed by atoms with Crippen LogP contribution in [0.4, 0.5) is 4.79 Å². The van der Waals surface area contributed by atoms with Gasteiger partial charge in [-0.15, -0.1) is 11.3 Å². The molecule has 0 spiro atoms. The van der Waals surface area contributed by atoms with Gasteiger partial charge in [0.05, 0.1) is 23.6 Å². The number of pyridine rings is 1. The number of aliphatic hydroxyl groups is 1. The van der Waals surface area contributed by atoms with E-state index in [0.717, 1.165) is 27.6 Å². The maximum atomic E-state index is 14.2. The van der Waals surface area contributed by atoms with Crippen molar-refractivity contribution in [1.82, 2.24) is 31.2 Å². The minimum absolute atomic E-state index is 0.00613. The molecule has 288 valence electrons. The third-order valence-electron chi connectivity index (χ3n) is 8.96. The topological polar surface area (TPSA) is 172 Å². The van der Waals surface area contributed by atoms with Crippen molar-refractivity contribution in [3.63, 3.8) is 0 Å². The van der Waals surface area contributed by atoms with Crippen LogP contribution in [0.3, 0.4) is 0 Å². The maximum Gasteiger partial charge on any atom is 0.408 e. The SMILES string of the molecule is CC(C)CC(NC(=O)[C@H](Cc1nccs1)NC(=O)[C@H](Cc1cccc2ccccc12)NC(=O)OCc1ccccc1)C(O)CC(=O)NCCc1ccccn1. The lowest BCUT2D eigenvalue weighted by Gasteiger charge is -2.28. The number of ether oxygens (including phenoxy) is 1. The summed E-state index contributed by atoms with van der Waals surface area (Å²) in [6.07, 6.45) is 2.18. The molecule has 4 amide bonds. The number of amides is 4. The van der Waals surface area contributed by atoms with Gasteiger partial charge in [0.2, 0.25) is 17.7 Å². The number of carbonyl (C=O) groups excluding carboxylic acids is 4. The first-order valence-electron chi connectivity index (χ1n) is 18.4. The Morgan fingerprint density at radius 1 is 0.782 bits per heavy atom. The van der Waals surface area contributed by atoms with E-state index in [0.29, 0.717) is 24.4 Å². The zero-order chi connectivity index (χ0) is 39.0. The molecule has 2 heterocycles. The standard InChI is InChI=1S/C42H48N6O6S/c1-28(2)23-34(37(49)26-38(50)44-20-18-32-16-8-9-19-43-32)46-41(52)36(25-39-45-21-22-55-39)47-40(51)35(48-42(53)54-27-29-11-4-3-5-12-29)24-31-15-10-14-30-13-6-7-17-33(30)31/h3-17,19,21-22,28,34-37,49H,18,20,23-27H2,1-2H3,(H,44,50)(H,46,52)(H,47,51)(H,48,53)/t34?,35-,36-,37?/m0/s1. The molecule has 0 aliphatic rings. The summed E-state index contributed by atoms with van der Waals surface area (Å²) in [5.74, 6) is -1.45. The Bertz CT molecular complexity index is 1970. The molecule has 55 heavy (non-hydrogen) atoms. The Kier molecular flexibility index (Phi) is 15.3. The molecule has 4 atom stereocenters. The van der Waals surface area contributed by atoms with Gasteiger partial charge >= 0.3 is 6.09 Å². The molecule has 0 radical (unpaired) electrons. The van der Waals surface area contributed by atoms with Gasteiger partial charge in [0, 0.05) is 49.3 Å². The summed E-state index contributed by atoms with van der Waals surface area (Å²) in [5, 5.41) is 26.8. The number of nitrogens with one attached hydrogen (secondary N) is 4. The third-order valence-corrected chi connectivity index (χ3v) is 9.76. The van der Waals surface area contributed by atoms with Crippen molar-refractivity contribution in [2.75, 3.05) is 6.54 Å². The third kappa shape index (κ3) is 13.0. The predicted octanol–water partition coefficient (Wildman–Crippen LogP) is 4.90. The number of carbonyl (C=O) groups is 4. The molecule has 5 aromatic rings. The van der Waals surface area contributed by atoms with Crippen LogP contribution in [0.25, 0.3) is 10.8 Å². The molecule has 0 saturated heterocycles. The summed E-state index contributed by atoms with van der Waals surface area (Å²) in [5.41, 5.74) is 2.44. The van der Waals surface area contributed by atoms with Crippen LogP contribution in [0.15, 0.2) is 109 Å². The van der Waals surface area contributed by atoms with Crippen molar-refractivity contribution in [3.05, 3.63) is 131 Å². The molecular weight excluding hydrogens is 717 g/mol. The number of fused-ring (bicyclic) bond motifs is 1. The van der Waals surface area contributed by atoms with Crippen LogP contribution >= 0.6 is 11.3 Å². The Labute approximate surface area is 325 Å². The van der Waals surface area contributed by atoms with E-state index in [2.05, 4.69) is 31.2 Å². The lowest BCUT2D eigenvalue weighted by Crippen LogP contribution is -2.57. The van der Waals surface area contributed by atoms with Gasteiger partial charge in [-0.3, -0.25) is 19.4 Å². The van der Waals surface area contributed by atoms with E-state index >= 15 is 0 Å². The van der Waals surface area contributed by atoms with Crippen LogP contribution < -0.4 is 21.3 Å². The molecule has 13 heteroatoms. The molecule has 12 nitrogen and oxygen atoms in total. The molecule has 5 rings (SSSR count). The number of hydrogen-bond acceptors (Lipinski definition) is 9. The van der Waals surface area contributed by atoms with E-state index in [1.54, 1.807) is 17.8 Å². The van der Waals surface area contributed by atoms with Crippen LogP contribution in [0.2, 0.25) is 0 Å². The normalized spacial score (nSPS) is 13.3. The summed E-state index contributed by atoms with van der Waals surface area (Å²) < 4.78 is 5.48. The monoisotopic (exact) mass is 764 g/mol. The van der Waals surface area contributed by atoms with Crippen molar-refractivity contribution in [1.29, 1.82) is 0 Å².